The first kappa shape index (κ1) is 33.8. The second-order valence-corrected chi connectivity index (χ2v) is 15.1. The quantitative estimate of drug-likeness (QED) is 0.102. The molecule has 0 atom stereocenters. The van der Waals surface area contributed by atoms with Gasteiger partial charge in [0.2, 0.25) is 0 Å². The largest absolute Gasteiger partial charge is 2.00 e. The molecule has 4 aromatic carbocycles. The van der Waals surface area contributed by atoms with E-state index in [1.165, 1.54) is 39.0 Å². The van der Waals surface area contributed by atoms with Crippen LogP contribution >= 0.6 is 15.8 Å². The minimum atomic E-state index is -0.505. The molecule has 0 radical (unpaired) electrons. The van der Waals surface area contributed by atoms with Crippen LogP contribution in [0.1, 0.15) is 38.6 Å². The Labute approximate surface area is 270 Å². The number of allylic oxidation sites excluding steroid dienone is 1. The topological polar surface area (TPSA) is 12.9 Å². The van der Waals surface area contributed by atoms with E-state index in [9.17, 15) is 0 Å². The molecule has 0 aliphatic carbocycles. The maximum absolute atomic E-state index is 5.19. The van der Waals surface area contributed by atoms with E-state index < -0.39 is 15.8 Å². The molecular formula is C38H41NP2Pt+2. The first-order valence-electron chi connectivity index (χ1n) is 14.3. The van der Waals surface area contributed by atoms with Crippen LogP contribution in [0.3, 0.4) is 0 Å². The predicted octanol–water partition coefficient (Wildman–Crippen LogP) is 8.95. The molecule has 1 nitrogen and oxygen atoms in total. The molecule has 42 heavy (non-hydrogen) atoms. The van der Waals surface area contributed by atoms with Gasteiger partial charge in [-0.1, -0.05) is 154 Å². The number of aromatic nitrogens is 1. The van der Waals surface area contributed by atoms with Crippen LogP contribution in [-0.2, 0) is 33.4 Å². The Kier molecular flexibility index (Phi) is 14.0. The molecule has 4 heteroatoms. The third-order valence-corrected chi connectivity index (χ3v) is 12.2. The molecule has 0 spiro atoms. The van der Waals surface area contributed by atoms with Gasteiger partial charge in [-0.25, -0.2) is 0 Å². The van der Waals surface area contributed by atoms with Gasteiger partial charge < -0.3 is 0 Å². The van der Waals surface area contributed by atoms with Crippen molar-refractivity contribution in [1.29, 1.82) is 0 Å². The Morgan fingerprint density at radius 3 is 1.10 bits per heavy atom. The third-order valence-electron chi connectivity index (χ3n) is 7.24. The van der Waals surface area contributed by atoms with E-state index in [-0.39, 0.29) is 21.1 Å². The summed E-state index contributed by atoms with van der Waals surface area (Å²) in [6, 6.07) is 50.1. The second kappa shape index (κ2) is 17.4. The average molecular weight is 769 g/mol. The maximum Gasteiger partial charge on any atom is 2.00 e. The Hall–Kier alpha value is -2.68. The first-order valence-corrected chi connectivity index (χ1v) is 17.4. The fourth-order valence-corrected chi connectivity index (χ4v) is 8.72. The number of benzene rings is 4. The monoisotopic (exact) mass is 768 g/mol. The van der Waals surface area contributed by atoms with E-state index in [1.54, 1.807) is 0 Å². The van der Waals surface area contributed by atoms with E-state index in [1.807, 2.05) is 6.08 Å². The zero-order valence-electron chi connectivity index (χ0n) is 24.8. The van der Waals surface area contributed by atoms with Crippen molar-refractivity contribution >= 4 is 37.1 Å². The van der Waals surface area contributed by atoms with Crippen LogP contribution in [0.15, 0.2) is 152 Å². The maximum atomic E-state index is 5.19. The molecule has 1 heterocycles. The van der Waals surface area contributed by atoms with Gasteiger partial charge in [0, 0.05) is 23.7 Å². The number of hydrogen-bond acceptors (Lipinski definition) is 1. The number of nitrogens with zero attached hydrogens (tertiary/aromatic N) is 1. The summed E-state index contributed by atoms with van der Waals surface area (Å²) in [7, 11) is -1.01. The SMILES string of the molecule is C=CC(C)(C)CC.[Pt+2].c1ccc(P(Cc2cccc(CP(c3ccccc3)c3ccccc3)n2)c2ccccc2)cc1. The molecule has 216 valence electrons. The fourth-order valence-electron chi connectivity index (χ4n) is 4.27. The molecule has 0 aliphatic rings. The standard InChI is InChI=1S/C31H27NP2.C7H14.Pt/c1-5-16-28(17-6-1)33(29-18-7-2-8-19-29)24-26-14-13-15-27(32-26)25-34(30-20-9-3-10-21-30)31-22-11-4-12-23-31;1-5-7(3,4)6-2;/h1-23H,24-25H2;5H,1,6H2,2-4H3;/q;;+2. The molecule has 0 aliphatic heterocycles. The van der Waals surface area contributed by atoms with Crippen molar-refractivity contribution < 1.29 is 21.1 Å². The summed E-state index contributed by atoms with van der Waals surface area (Å²) in [5, 5.41) is 5.58. The number of pyridine rings is 1. The van der Waals surface area contributed by atoms with Crippen molar-refractivity contribution in [3.8, 4) is 0 Å². The predicted molar refractivity (Wildman–Crippen MR) is 184 cm³/mol. The summed E-state index contributed by atoms with van der Waals surface area (Å²) >= 11 is 0. The summed E-state index contributed by atoms with van der Waals surface area (Å²) in [5.41, 5.74) is 2.69. The van der Waals surface area contributed by atoms with E-state index in [4.69, 9.17) is 4.98 Å². The van der Waals surface area contributed by atoms with Gasteiger partial charge in [0.25, 0.3) is 0 Å². The summed E-state index contributed by atoms with van der Waals surface area (Å²) in [6.07, 6.45) is 5.07. The van der Waals surface area contributed by atoms with Gasteiger partial charge in [-0.2, -0.15) is 0 Å². The average Bonchev–Trinajstić information content (AvgIpc) is 3.04. The summed E-state index contributed by atoms with van der Waals surface area (Å²) in [4.78, 5) is 5.19. The summed E-state index contributed by atoms with van der Waals surface area (Å²) in [6.45, 7) is 10.2. The molecule has 0 amide bonds. The van der Waals surface area contributed by atoms with Gasteiger partial charge in [0.15, 0.2) is 0 Å². The van der Waals surface area contributed by atoms with Crippen LogP contribution in [0, 0.1) is 5.41 Å². The van der Waals surface area contributed by atoms with Crippen LogP contribution < -0.4 is 21.2 Å². The van der Waals surface area contributed by atoms with Gasteiger partial charge in [0.1, 0.15) is 0 Å². The molecule has 0 fully saturated rings. The van der Waals surface area contributed by atoms with Crippen LogP contribution in [0.5, 0.6) is 0 Å². The van der Waals surface area contributed by atoms with Crippen molar-refractivity contribution in [3.05, 3.63) is 164 Å². The number of rotatable bonds is 10. The molecule has 0 saturated heterocycles. The Bertz CT molecular complexity index is 1280. The second-order valence-electron chi connectivity index (χ2n) is 10.7. The Morgan fingerprint density at radius 1 is 0.548 bits per heavy atom. The molecule has 0 saturated carbocycles. The van der Waals surface area contributed by atoms with Crippen LogP contribution in [0.25, 0.3) is 0 Å². The van der Waals surface area contributed by atoms with Crippen molar-refractivity contribution in [3.63, 3.8) is 0 Å². The Morgan fingerprint density at radius 2 is 0.857 bits per heavy atom. The smallest absolute Gasteiger partial charge is 0.257 e. The summed E-state index contributed by atoms with van der Waals surface area (Å²) in [5.74, 6) is 0. The van der Waals surface area contributed by atoms with Gasteiger partial charge in [0.05, 0.1) is 0 Å². The van der Waals surface area contributed by atoms with Crippen molar-refractivity contribution in [2.75, 3.05) is 0 Å². The molecule has 0 bridgehead atoms. The first-order chi connectivity index (χ1) is 20.0. The van der Waals surface area contributed by atoms with Crippen LogP contribution in [-0.4, -0.2) is 4.98 Å². The number of hydrogen-bond donors (Lipinski definition) is 0. The minimum absolute atomic E-state index is 0. The van der Waals surface area contributed by atoms with E-state index in [0.29, 0.717) is 5.41 Å². The van der Waals surface area contributed by atoms with E-state index >= 15 is 0 Å². The van der Waals surface area contributed by atoms with Crippen LogP contribution in [0.2, 0.25) is 0 Å². The van der Waals surface area contributed by atoms with Crippen molar-refractivity contribution in [1.82, 2.24) is 4.98 Å². The van der Waals surface area contributed by atoms with Crippen LogP contribution in [0.4, 0.5) is 0 Å². The van der Waals surface area contributed by atoms with Gasteiger partial charge in [-0.05, 0) is 61.0 Å². The molecule has 5 aromatic rings. The fraction of sp³-hybridized carbons (Fsp3) is 0.184. The van der Waals surface area contributed by atoms with Crippen molar-refractivity contribution in [2.24, 2.45) is 5.41 Å². The van der Waals surface area contributed by atoms with E-state index in [2.05, 4.69) is 167 Å². The van der Waals surface area contributed by atoms with Crippen molar-refractivity contribution in [2.45, 2.75) is 39.5 Å². The van der Waals surface area contributed by atoms with Gasteiger partial charge in [-0.3, -0.25) is 4.98 Å². The van der Waals surface area contributed by atoms with Gasteiger partial charge >= 0.3 is 21.1 Å². The molecule has 0 N–H and O–H groups in total. The molecular weight excluding hydrogens is 727 g/mol. The zero-order valence-corrected chi connectivity index (χ0v) is 28.9. The summed E-state index contributed by atoms with van der Waals surface area (Å²) < 4.78 is 0. The minimum Gasteiger partial charge on any atom is -0.257 e. The zero-order chi connectivity index (χ0) is 28.9. The molecule has 0 unspecified atom stereocenters. The normalized spacial score (nSPS) is 10.9. The Balaban J connectivity index is 0.000000541. The molecule has 5 rings (SSSR count). The van der Waals surface area contributed by atoms with Gasteiger partial charge in [-0.15, -0.1) is 6.58 Å². The molecule has 1 aromatic heterocycles. The third kappa shape index (κ3) is 10.2. The van der Waals surface area contributed by atoms with E-state index in [0.717, 1.165) is 12.3 Å².